The van der Waals surface area contributed by atoms with Crippen LogP contribution in [0, 0.1) is 101 Å². The lowest BCUT2D eigenvalue weighted by Crippen LogP contribution is -2.27. The van der Waals surface area contributed by atoms with Crippen LogP contribution in [0.3, 0.4) is 0 Å². The van der Waals surface area contributed by atoms with Crippen LogP contribution in [0.15, 0.2) is 109 Å². The molecule has 0 saturated carbocycles. The average molecular weight is 1150 g/mol. The highest BCUT2D eigenvalue weighted by Gasteiger charge is 2.31. The first-order valence-corrected chi connectivity index (χ1v) is 26.5. The van der Waals surface area contributed by atoms with E-state index < -0.39 is 28.5 Å². The third-order valence-electron chi connectivity index (χ3n) is 14.7. The summed E-state index contributed by atoms with van der Waals surface area (Å²) in [4.78, 5) is 8.65. The molecule has 6 aromatic carbocycles. The molecule has 0 atom stereocenters. The molecule has 4 aliphatic rings. The van der Waals surface area contributed by atoms with Crippen LogP contribution in [0.2, 0.25) is 0 Å². The van der Waals surface area contributed by atoms with Gasteiger partial charge in [-0.1, -0.05) is 39.1 Å². The van der Waals surface area contributed by atoms with Crippen molar-refractivity contribution in [3.8, 4) is 70.5 Å². The van der Waals surface area contributed by atoms with Gasteiger partial charge in [-0.15, -0.1) is 0 Å². The zero-order valence-electron chi connectivity index (χ0n) is 47.3. The predicted molar refractivity (Wildman–Crippen MR) is 327 cm³/mol. The van der Waals surface area contributed by atoms with Gasteiger partial charge in [0, 0.05) is 17.5 Å². The summed E-state index contributed by atoms with van der Waals surface area (Å²) in [5, 5.41) is 75.0. The number of hydrogen-bond donors (Lipinski definition) is 4. The Balaban J connectivity index is 0.000000163. The Bertz CT molecular complexity index is 3790. The molecule has 0 aliphatic carbocycles. The van der Waals surface area contributed by atoms with E-state index in [1.807, 2.05) is 91.8 Å². The molecular formula is C64H62B4N6O12. The molecule has 2 aromatic heterocycles. The molecule has 6 heterocycles. The summed E-state index contributed by atoms with van der Waals surface area (Å²) in [6.45, 7) is 16.8. The maximum Gasteiger partial charge on any atom is 0.491 e. The summed E-state index contributed by atoms with van der Waals surface area (Å²) in [7, 11) is -3.44. The number of nitrogens with zero attached hydrogens (tertiary/aromatic N) is 6. The van der Waals surface area contributed by atoms with E-state index in [0.717, 1.165) is 88.9 Å². The lowest BCUT2D eigenvalue weighted by Gasteiger charge is -2.11. The van der Waals surface area contributed by atoms with Crippen molar-refractivity contribution < 1.29 is 57.7 Å². The quantitative estimate of drug-likeness (QED) is 0.103. The largest absolute Gasteiger partial charge is 0.491 e. The normalized spacial score (nSPS) is 12.7. The summed E-state index contributed by atoms with van der Waals surface area (Å²) in [5.74, 6) is 4.32. The standard InChI is InChI=1S/2C16H14BNO3.2C15H13BN2O3.2CH4/c1-10-5-15(6-12(8-18)11(10)2)21-14-3-4-16-13(7-14)9-20-17(16)19;1-10-5-12(8-18)16(6-11(10)2)21-14-3-4-15-13(7-14)9-20-17(15)19;1-9-10(2)18-15(6-11(9)7-17)21-13-3-4-14-12(5-13)8-20-16(14)19;1-9-5-11(7-17)15(18-10(9)2)21-13-3-4-14-12(6-13)8-20-16(14)19;;/h2*3-7,19H,9H2,1-2H3;2*3-6,19H,8H2,1-2H3;2*1H4. The van der Waals surface area contributed by atoms with E-state index in [0.29, 0.717) is 94.9 Å². The molecule has 8 aromatic rings. The van der Waals surface area contributed by atoms with Crippen molar-refractivity contribution in [2.24, 2.45) is 0 Å². The second kappa shape index (κ2) is 28.1. The topological polar surface area (TPSA) is 276 Å². The second-order valence-corrected chi connectivity index (χ2v) is 20.3. The lowest BCUT2D eigenvalue weighted by atomic mass is 9.79. The first kappa shape index (κ1) is 64.3. The molecule has 0 unspecified atom stereocenters. The Labute approximate surface area is 502 Å². The van der Waals surface area contributed by atoms with Crippen molar-refractivity contribution >= 4 is 50.3 Å². The van der Waals surface area contributed by atoms with Crippen molar-refractivity contribution in [2.75, 3.05) is 0 Å². The minimum atomic E-state index is -0.872. The molecule has 0 amide bonds. The number of aryl methyl sites for hydroxylation is 6. The van der Waals surface area contributed by atoms with Crippen LogP contribution < -0.4 is 40.8 Å². The lowest BCUT2D eigenvalue weighted by molar-refractivity contribution is 0.274. The van der Waals surface area contributed by atoms with Gasteiger partial charge in [0.1, 0.15) is 52.2 Å². The molecular weight excluding hydrogens is 1090 g/mol. The van der Waals surface area contributed by atoms with Crippen molar-refractivity contribution in [3.05, 3.63) is 198 Å². The van der Waals surface area contributed by atoms with E-state index in [1.54, 1.807) is 72.8 Å². The SMILES string of the molecule is C.C.Cc1cc(C#N)c(Oc2ccc3c(c2)COB3O)cc1C.Cc1cc(C#N)c(Oc2ccc3c(c2)COB3O)nc1C.Cc1cc(Oc2ccc3c(c2)COB3O)cc(C#N)c1C.Cc1nc(Oc2ccc3c(c2)COB3O)cc(C#N)c1C. The smallest absolute Gasteiger partial charge is 0.457 e. The number of nitriles is 4. The zero-order valence-corrected chi connectivity index (χ0v) is 47.3. The van der Waals surface area contributed by atoms with Crippen LogP contribution in [0.25, 0.3) is 0 Å². The fraction of sp³-hybridized carbons (Fsp3) is 0.219. The minimum absolute atomic E-state index is 0. The van der Waals surface area contributed by atoms with E-state index >= 15 is 0 Å². The summed E-state index contributed by atoms with van der Waals surface area (Å²) < 4.78 is 43.7. The second-order valence-electron chi connectivity index (χ2n) is 20.3. The molecule has 18 nitrogen and oxygen atoms in total. The number of rotatable bonds is 8. The average Bonchev–Trinajstić information content (AvgIpc) is 2.79. The maximum absolute atomic E-state index is 9.60. The fourth-order valence-electron chi connectivity index (χ4n) is 9.26. The van der Waals surface area contributed by atoms with Crippen molar-refractivity contribution in [3.63, 3.8) is 0 Å². The van der Waals surface area contributed by atoms with Gasteiger partial charge in [0.25, 0.3) is 0 Å². The van der Waals surface area contributed by atoms with Gasteiger partial charge in [0.05, 0.1) is 55.3 Å². The summed E-state index contributed by atoms with van der Waals surface area (Å²) in [6.07, 6.45) is 0. The number of aromatic nitrogens is 2. The predicted octanol–water partition coefficient (Wildman–Crippen LogP) is 8.80. The number of benzene rings is 6. The Hall–Kier alpha value is -9.28. The molecule has 4 N–H and O–H groups in total. The third kappa shape index (κ3) is 14.6. The zero-order chi connectivity index (χ0) is 59.9. The summed E-state index contributed by atoms with van der Waals surface area (Å²) in [6, 6.07) is 40.7. The first-order valence-electron chi connectivity index (χ1n) is 26.5. The van der Waals surface area contributed by atoms with Gasteiger partial charge < -0.3 is 57.7 Å². The van der Waals surface area contributed by atoms with Gasteiger partial charge in [-0.2, -0.15) is 21.0 Å². The van der Waals surface area contributed by atoms with E-state index in [1.165, 1.54) is 0 Å². The molecule has 22 heteroatoms. The maximum atomic E-state index is 9.60. The Morgan fingerprint density at radius 2 is 0.791 bits per heavy atom. The molecule has 12 rings (SSSR count). The molecule has 0 radical (unpaired) electrons. The first-order chi connectivity index (χ1) is 40.3. The van der Waals surface area contributed by atoms with Gasteiger partial charge in [0.2, 0.25) is 11.8 Å². The van der Waals surface area contributed by atoms with Gasteiger partial charge in [0.15, 0.2) is 0 Å². The summed E-state index contributed by atoms with van der Waals surface area (Å²) in [5.41, 5.74) is 16.2. The van der Waals surface area contributed by atoms with Crippen molar-refractivity contribution in [2.45, 2.75) is 96.7 Å². The van der Waals surface area contributed by atoms with Gasteiger partial charge >= 0.3 is 28.5 Å². The van der Waals surface area contributed by atoms with Crippen LogP contribution in [0.5, 0.6) is 46.3 Å². The van der Waals surface area contributed by atoms with Crippen LogP contribution >= 0.6 is 0 Å². The molecule has 4 aliphatic heterocycles. The van der Waals surface area contributed by atoms with Crippen LogP contribution in [-0.4, -0.2) is 58.5 Å². The Morgan fingerprint density at radius 1 is 0.384 bits per heavy atom. The van der Waals surface area contributed by atoms with Crippen LogP contribution in [-0.2, 0) is 45.0 Å². The van der Waals surface area contributed by atoms with E-state index in [9.17, 15) is 30.6 Å². The highest BCUT2D eigenvalue weighted by molar-refractivity contribution is 6.62. The van der Waals surface area contributed by atoms with Gasteiger partial charge in [-0.25, -0.2) is 9.97 Å². The highest BCUT2D eigenvalue weighted by atomic mass is 16.5. The molecule has 0 bridgehead atoms. The van der Waals surface area contributed by atoms with Crippen LogP contribution in [0.1, 0.15) is 104 Å². The monoisotopic (exact) mass is 1150 g/mol. The van der Waals surface area contributed by atoms with Crippen molar-refractivity contribution in [1.82, 2.24) is 9.97 Å². The molecule has 0 fully saturated rings. The molecule has 86 heavy (non-hydrogen) atoms. The van der Waals surface area contributed by atoms with Gasteiger partial charge in [-0.05, 0) is 212 Å². The number of hydrogen-bond acceptors (Lipinski definition) is 18. The Kier molecular flexibility index (Phi) is 21.0. The van der Waals surface area contributed by atoms with Crippen molar-refractivity contribution in [1.29, 1.82) is 21.0 Å². The van der Waals surface area contributed by atoms with E-state index in [2.05, 4.69) is 34.2 Å². The molecule has 0 saturated heterocycles. The third-order valence-corrected chi connectivity index (χ3v) is 14.7. The molecule has 0 spiro atoms. The minimum Gasteiger partial charge on any atom is -0.457 e. The number of ether oxygens (including phenoxy) is 4. The Morgan fingerprint density at radius 3 is 1.26 bits per heavy atom. The molecule has 432 valence electrons. The number of fused-ring (bicyclic) bond motifs is 4. The van der Waals surface area contributed by atoms with Gasteiger partial charge in [-0.3, -0.25) is 0 Å². The van der Waals surface area contributed by atoms with E-state index in [-0.39, 0.29) is 14.9 Å². The summed E-state index contributed by atoms with van der Waals surface area (Å²) >= 11 is 0. The highest BCUT2D eigenvalue weighted by Crippen LogP contribution is 2.32. The number of pyridine rings is 2. The van der Waals surface area contributed by atoms with E-state index in [4.69, 9.17) is 48.1 Å². The van der Waals surface area contributed by atoms with Crippen LogP contribution in [0.4, 0.5) is 0 Å². The fourth-order valence-corrected chi connectivity index (χ4v) is 9.26.